The third-order valence-electron chi connectivity index (χ3n) is 3.47. The minimum absolute atomic E-state index is 0.125. The van der Waals surface area contributed by atoms with Gasteiger partial charge in [-0.3, -0.25) is 4.79 Å². The zero-order chi connectivity index (χ0) is 15.4. The van der Waals surface area contributed by atoms with Crippen LogP contribution < -0.4 is 11.3 Å². The highest BCUT2D eigenvalue weighted by molar-refractivity contribution is 5.51. The number of nitrogens with two attached hydrogens (primary N) is 1. The fourth-order valence-corrected chi connectivity index (χ4v) is 2.03. The second kappa shape index (κ2) is 6.64. The number of likely N-dealkylation sites (N-methyl/N-ethyl adjacent to an activating group) is 1. The highest BCUT2D eigenvalue weighted by Gasteiger charge is 2.17. The van der Waals surface area contributed by atoms with E-state index in [-0.39, 0.29) is 11.6 Å². The summed E-state index contributed by atoms with van der Waals surface area (Å²) in [4.78, 5) is 18.1. The zero-order valence-corrected chi connectivity index (χ0v) is 12.6. The van der Waals surface area contributed by atoms with E-state index in [1.807, 2.05) is 0 Å². The molecule has 7 nitrogen and oxygen atoms in total. The van der Waals surface area contributed by atoms with Gasteiger partial charge in [0, 0.05) is 31.4 Å². The molecule has 0 bridgehead atoms. The molecule has 2 aromatic heterocycles. The molecule has 0 aromatic carbocycles. The van der Waals surface area contributed by atoms with Crippen LogP contribution in [0.15, 0.2) is 27.6 Å². The largest absolute Gasteiger partial charge is 0.334 e. The van der Waals surface area contributed by atoms with Gasteiger partial charge in [-0.1, -0.05) is 19.0 Å². The zero-order valence-electron chi connectivity index (χ0n) is 12.6. The Balaban J connectivity index is 2.17. The minimum Gasteiger partial charge on any atom is -0.334 e. The number of hydrogen-bond acceptors (Lipinski definition) is 6. The average molecular weight is 291 g/mol. The first-order valence-electron chi connectivity index (χ1n) is 7.03. The average Bonchev–Trinajstić information content (AvgIpc) is 2.97. The van der Waals surface area contributed by atoms with Crippen molar-refractivity contribution in [3.8, 4) is 11.5 Å². The van der Waals surface area contributed by atoms with Gasteiger partial charge in [0.15, 0.2) is 5.82 Å². The van der Waals surface area contributed by atoms with E-state index in [4.69, 9.17) is 10.3 Å². The summed E-state index contributed by atoms with van der Waals surface area (Å²) >= 11 is 0. The number of aromatic nitrogens is 3. The summed E-state index contributed by atoms with van der Waals surface area (Å²) in [5.74, 6) is 0.773. The third-order valence-corrected chi connectivity index (χ3v) is 3.47. The Bertz CT molecular complexity index is 645. The van der Waals surface area contributed by atoms with Crippen molar-refractivity contribution >= 4 is 0 Å². The van der Waals surface area contributed by atoms with Gasteiger partial charge < -0.3 is 19.7 Å². The summed E-state index contributed by atoms with van der Waals surface area (Å²) in [5, 5.41) is 3.92. The Morgan fingerprint density at radius 3 is 2.76 bits per heavy atom. The molecule has 7 heteroatoms. The van der Waals surface area contributed by atoms with Gasteiger partial charge in [-0.15, -0.1) is 0 Å². The topological polar surface area (TPSA) is 90.2 Å². The van der Waals surface area contributed by atoms with E-state index in [1.165, 1.54) is 10.6 Å². The molecule has 2 rings (SSSR count). The van der Waals surface area contributed by atoms with Crippen molar-refractivity contribution in [1.29, 1.82) is 0 Å². The Morgan fingerprint density at radius 2 is 2.14 bits per heavy atom. The van der Waals surface area contributed by atoms with Crippen molar-refractivity contribution in [3.63, 3.8) is 0 Å². The maximum absolute atomic E-state index is 11.6. The molecule has 2 aromatic rings. The SMILES string of the molecule is CCN(CC)CC(N)c1noc(-c2ccn(C)c(=O)c2)n1. The molecule has 114 valence electrons. The van der Waals surface area contributed by atoms with Crippen LogP contribution in [0.4, 0.5) is 0 Å². The lowest BCUT2D eigenvalue weighted by Gasteiger charge is -2.20. The quantitative estimate of drug-likeness (QED) is 0.845. The van der Waals surface area contributed by atoms with Crippen LogP contribution >= 0.6 is 0 Å². The lowest BCUT2D eigenvalue weighted by Crippen LogP contribution is -2.32. The van der Waals surface area contributed by atoms with E-state index in [2.05, 4.69) is 28.9 Å². The smallest absolute Gasteiger partial charge is 0.258 e. The van der Waals surface area contributed by atoms with Crippen LogP contribution in [-0.2, 0) is 7.05 Å². The van der Waals surface area contributed by atoms with E-state index in [0.717, 1.165) is 13.1 Å². The highest BCUT2D eigenvalue weighted by atomic mass is 16.5. The van der Waals surface area contributed by atoms with Gasteiger partial charge in [0.2, 0.25) is 0 Å². The molecule has 2 N–H and O–H groups in total. The number of rotatable bonds is 6. The highest BCUT2D eigenvalue weighted by Crippen LogP contribution is 2.17. The molecule has 0 saturated heterocycles. The summed E-state index contributed by atoms with van der Waals surface area (Å²) in [6.07, 6.45) is 1.66. The van der Waals surface area contributed by atoms with Crippen LogP contribution in [-0.4, -0.2) is 39.2 Å². The van der Waals surface area contributed by atoms with Crippen molar-refractivity contribution in [2.75, 3.05) is 19.6 Å². The molecule has 0 saturated carbocycles. The van der Waals surface area contributed by atoms with Gasteiger partial charge in [-0.05, 0) is 19.2 Å². The summed E-state index contributed by atoms with van der Waals surface area (Å²) in [7, 11) is 1.69. The molecule has 1 atom stereocenters. The van der Waals surface area contributed by atoms with Crippen LogP contribution in [0.2, 0.25) is 0 Å². The van der Waals surface area contributed by atoms with Gasteiger partial charge in [-0.25, -0.2) is 0 Å². The monoisotopic (exact) mass is 291 g/mol. The van der Waals surface area contributed by atoms with Gasteiger partial charge in [0.25, 0.3) is 11.4 Å². The molecular weight excluding hydrogens is 270 g/mol. The first-order valence-corrected chi connectivity index (χ1v) is 7.03. The van der Waals surface area contributed by atoms with Crippen molar-refractivity contribution < 1.29 is 4.52 Å². The normalized spacial score (nSPS) is 12.8. The molecule has 0 aliphatic rings. The Kier molecular flexibility index (Phi) is 4.87. The van der Waals surface area contributed by atoms with Crippen LogP contribution in [0.3, 0.4) is 0 Å². The van der Waals surface area contributed by atoms with Crippen LogP contribution in [0.5, 0.6) is 0 Å². The van der Waals surface area contributed by atoms with Crippen LogP contribution in [0, 0.1) is 0 Å². The molecule has 2 heterocycles. The first kappa shape index (κ1) is 15.4. The van der Waals surface area contributed by atoms with Crippen LogP contribution in [0.25, 0.3) is 11.5 Å². The van der Waals surface area contributed by atoms with Crippen LogP contribution in [0.1, 0.15) is 25.7 Å². The van der Waals surface area contributed by atoms with E-state index in [0.29, 0.717) is 23.8 Å². The second-order valence-corrected chi connectivity index (χ2v) is 4.91. The molecular formula is C14H21N5O2. The van der Waals surface area contributed by atoms with Crippen molar-refractivity contribution in [3.05, 3.63) is 34.5 Å². The summed E-state index contributed by atoms with van der Waals surface area (Å²) in [6.45, 7) is 6.67. The summed E-state index contributed by atoms with van der Waals surface area (Å²) in [5.41, 5.74) is 6.58. The van der Waals surface area contributed by atoms with Crippen molar-refractivity contribution in [2.24, 2.45) is 12.8 Å². The molecule has 0 radical (unpaired) electrons. The fraction of sp³-hybridized carbons (Fsp3) is 0.500. The molecule has 0 fully saturated rings. The first-order chi connectivity index (χ1) is 10.0. The fourth-order valence-electron chi connectivity index (χ4n) is 2.03. The standard InChI is InChI=1S/C14H21N5O2/c1-4-19(5-2)9-11(15)13-16-14(21-17-13)10-6-7-18(3)12(20)8-10/h6-8,11H,4-5,9,15H2,1-3H3. The van der Waals surface area contributed by atoms with Gasteiger partial charge in [0.1, 0.15) is 0 Å². The minimum atomic E-state index is -0.311. The molecule has 21 heavy (non-hydrogen) atoms. The van der Waals surface area contributed by atoms with Gasteiger partial charge >= 0.3 is 0 Å². The summed E-state index contributed by atoms with van der Waals surface area (Å²) < 4.78 is 6.69. The van der Waals surface area contributed by atoms with E-state index < -0.39 is 0 Å². The predicted octanol–water partition coefficient (Wildman–Crippen LogP) is 0.777. The number of nitrogens with zero attached hydrogens (tertiary/aromatic N) is 4. The Morgan fingerprint density at radius 1 is 1.43 bits per heavy atom. The maximum atomic E-state index is 11.6. The number of hydrogen-bond donors (Lipinski definition) is 1. The van der Waals surface area contributed by atoms with E-state index in [1.54, 1.807) is 19.3 Å². The molecule has 0 amide bonds. The summed E-state index contributed by atoms with van der Waals surface area (Å²) in [6, 6.07) is 2.91. The number of pyridine rings is 1. The molecule has 0 spiro atoms. The molecule has 0 aliphatic heterocycles. The van der Waals surface area contributed by atoms with Crippen molar-refractivity contribution in [2.45, 2.75) is 19.9 Å². The maximum Gasteiger partial charge on any atom is 0.258 e. The van der Waals surface area contributed by atoms with Crippen molar-refractivity contribution in [1.82, 2.24) is 19.6 Å². The van der Waals surface area contributed by atoms with E-state index in [9.17, 15) is 4.79 Å². The number of aryl methyl sites for hydroxylation is 1. The Hall–Kier alpha value is -1.99. The Labute approximate surface area is 123 Å². The van der Waals surface area contributed by atoms with Gasteiger partial charge in [-0.2, -0.15) is 4.98 Å². The lowest BCUT2D eigenvalue weighted by atomic mass is 10.2. The van der Waals surface area contributed by atoms with E-state index >= 15 is 0 Å². The third kappa shape index (κ3) is 3.56. The predicted molar refractivity (Wildman–Crippen MR) is 79.7 cm³/mol. The lowest BCUT2D eigenvalue weighted by molar-refractivity contribution is 0.278. The molecule has 0 aliphatic carbocycles. The second-order valence-electron chi connectivity index (χ2n) is 4.91. The van der Waals surface area contributed by atoms with Gasteiger partial charge in [0.05, 0.1) is 6.04 Å². The molecule has 1 unspecified atom stereocenters.